The molecule has 1 aliphatic rings. The van der Waals surface area contributed by atoms with Crippen molar-refractivity contribution in [2.75, 3.05) is 13.1 Å². The number of carbonyl (C=O) groups excluding carboxylic acids is 1. The van der Waals surface area contributed by atoms with Gasteiger partial charge in [0.15, 0.2) is 0 Å². The van der Waals surface area contributed by atoms with E-state index in [1.165, 1.54) is 0 Å². The Hall–Kier alpha value is -2.33. The van der Waals surface area contributed by atoms with Crippen LogP contribution >= 0.6 is 11.6 Å². The second-order valence-electron chi connectivity index (χ2n) is 5.70. The molecule has 1 aromatic heterocycles. The maximum absolute atomic E-state index is 12.4. The van der Waals surface area contributed by atoms with Crippen LogP contribution < -0.4 is 4.74 Å². The van der Waals surface area contributed by atoms with Crippen LogP contribution in [0.5, 0.6) is 5.75 Å². The molecule has 1 fully saturated rings. The maximum atomic E-state index is 12.4. The van der Waals surface area contributed by atoms with Gasteiger partial charge in [-0.15, -0.1) is 0 Å². The van der Waals surface area contributed by atoms with Gasteiger partial charge in [0.05, 0.1) is 6.54 Å². The Labute approximate surface area is 146 Å². The number of carbonyl (C=O) groups is 1. The summed E-state index contributed by atoms with van der Waals surface area (Å²) in [7, 11) is 0. The summed E-state index contributed by atoms with van der Waals surface area (Å²) >= 11 is 6.11. The van der Waals surface area contributed by atoms with E-state index < -0.39 is 0 Å². The highest BCUT2D eigenvalue weighted by Crippen LogP contribution is 2.19. The Kier molecular flexibility index (Phi) is 5.49. The van der Waals surface area contributed by atoms with Gasteiger partial charge in [-0.05, 0) is 42.7 Å². The first kappa shape index (κ1) is 16.5. The molecule has 0 radical (unpaired) electrons. The summed E-state index contributed by atoms with van der Waals surface area (Å²) in [6.07, 6.45) is 8.63. The van der Waals surface area contributed by atoms with Crippen molar-refractivity contribution >= 4 is 23.6 Å². The van der Waals surface area contributed by atoms with Crippen molar-refractivity contribution in [2.24, 2.45) is 0 Å². The van der Waals surface area contributed by atoms with Crippen molar-refractivity contribution in [3.8, 4) is 5.75 Å². The summed E-state index contributed by atoms with van der Waals surface area (Å²) in [5, 5.41) is 0.638. The average molecular weight is 343 g/mol. The van der Waals surface area contributed by atoms with E-state index in [0.717, 1.165) is 30.7 Å². The molecular weight excluding hydrogens is 324 g/mol. The Morgan fingerprint density at radius 3 is 2.83 bits per heavy atom. The van der Waals surface area contributed by atoms with Gasteiger partial charge in [0.2, 0.25) is 5.91 Å². The zero-order valence-corrected chi connectivity index (χ0v) is 14.0. The molecule has 124 valence electrons. The quantitative estimate of drug-likeness (QED) is 0.793. The molecule has 2 heterocycles. The first-order valence-corrected chi connectivity index (χ1v) is 8.38. The number of pyridine rings is 1. The SMILES string of the molecule is O=C(/C=C/c1ccccc1Cl)N1CCCC(Oc2ccncc2)C1. The molecule has 0 N–H and O–H groups in total. The topological polar surface area (TPSA) is 42.4 Å². The molecule has 24 heavy (non-hydrogen) atoms. The summed E-state index contributed by atoms with van der Waals surface area (Å²) in [6.45, 7) is 1.34. The van der Waals surface area contributed by atoms with E-state index in [1.54, 1.807) is 24.5 Å². The number of nitrogens with zero attached hydrogens (tertiary/aromatic N) is 2. The number of ether oxygens (including phenoxy) is 1. The van der Waals surface area contributed by atoms with Crippen LogP contribution in [-0.4, -0.2) is 35.0 Å². The molecule has 5 heteroatoms. The lowest BCUT2D eigenvalue weighted by atomic mass is 10.1. The number of hydrogen-bond donors (Lipinski definition) is 0. The molecule has 1 unspecified atom stereocenters. The van der Waals surface area contributed by atoms with E-state index in [4.69, 9.17) is 16.3 Å². The molecule has 1 atom stereocenters. The van der Waals surface area contributed by atoms with Gasteiger partial charge in [-0.25, -0.2) is 0 Å². The van der Waals surface area contributed by atoms with Gasteiger partial charge in [-0.2, -0.15) is 0 Å². The highest BCUT2D eigenvalue weighted by Gasteiger charge is 2.23. The minimum Gasteiger partial charge on any atom is -0.488 e. The monoisotopic (exact) mass is 342 g/mol. The number of amides is 1. The lowest BCUT2D eigenvalue weighted by Crippen LogP contribution is -2.43. The molecular formula is C19H19ClN2O2. The molecule has 0 spiro atoms. The molecule has 1 saturated heterocycles. The number of rotatable bonds is 4. The fourth-order valence-corrected chi connectivity index (χ4v) is 2.92. The van der Waals surface area contributed by atoms with Gasteiger partial charge in [0.25, 0.3) is 0 Å². The second-order valence-corrected chi connectivity index (χ2v) is 6.11. The Bertz CT molecular complexity index is 718. The van der Waals surface area contributed by atoms with Crippen LogP contribution in [0.1, 0.15) is 18.4 Å². The molecule has 4 nitrogen and oxygen atoms in total. The van der Waals surface area contributed by atoms with Crippen molar-refractivity contribution in [3.05, 3.63) is 65.5 Å². The van der Waals surface area contributed by atoms with E-state index in [0.29, 0.717) is 11.6 Å². The summed E-state index contributed by atoms with van der Waals surface area (Å²) in [6, 6.07) is 11.1. The fourth-order valence-electron chi connectivity index (χ4n) is 2.72. The van der Waals surface area contributed by atoms with Crippen LogP contribution in [0.4, 0.5) is 0 Å². The molecule has 0 saturated carbocycles. The molecule has 0 bridgehead atoms. The van der Waals surface area contributed by atoms with Gasteiger partial charge in [-0.1, -0.05) is 29.8 Å². The van der Waals surface area contributed by atoms with E-state index in [2.05, 4.69) is 4.98 Å². The van der Waals surface area contributed by atoms with E-state index in [-0.39, 0.29) is 12.0 Å². The van der Waals surface area contributed by atoms with Crippen molar-refractivity contribution < 1.29 is 9.53 Å². The van der Waals surface area contributed by atoms with Crippen LogP contribution in [0.15, 0.2) is 54.9 Å². The Balaban J connectivity index is 1.60. The third kappa shape index (κ3) is 4.36. The normalized spacial score (nSPS) is 17.9. The van der Waals surface area contributed by atoms with Gasteiger partial charge in [0, 0.05) is 30.0 Å². The first-order chi connectivity index (χ1) is 11.7. The number of hydrogen-bond acceptors (Lipinski definition) is 3. The smallest absolute Gasteiger partial charge is 0.246 e. The number of likely N-dealkylation sites (tertiary alicyclic amines) is 1. The molecule has 3 rings (SSSR count). The minimum atomic E-state index is -0.0158. The predicted octanol–water partition coefficient (Wildman–Crippen LogP) is 3.82. The maximum Gasteiger partial charge on any atom is 0.246 e. The van der Waals surface area contributed by atoms with Gasteiger partial charge >= 0.3 is 0 Å². The minimum absolute atomic E-state index is 0.0128. The van der Waals surface area contributed by atoms with E-state index in [9.17, 15) is 4.79 Å². The van der Waals surface area contributed by atoms with E-state index >= 15 is 0 Å². The van der Waals surface area contributed by atoms with Crippen LogP contribution in [0.2, 0.25) is 5.02 Å². The zero-order valence-electron chi connectivity index (χ0n) is 13.3. The largest absolute Gasteiger partial charge is 0.488 e. The predicted molar refractivity (Wildman–Crippen MR) is 95.0 cm³/mol. The number of halogens is 1. The van der Waals surface area contributed by atoms with Gasteiger partial charge in [-0.3, -0.25) is 9.78 Å². The van der Waals surface area contributed by atoms with Crippen LogP contribution in [-0.2, 0) is 4.79 Å². The van der Waals surface area contributed by atoms with Gasteiger partial charge < -0.3 is 9.64 Å². The highest BCUT2D eigenvalue weighted by molar-refractivity contribution is 6.32. The zero-order chi connectivity index (χ0) is 16.8. The Morgan fingerprint density at radius 1 is 1.25 bits per heavy atom. The lowest BCUT2D eigenvalue weighted by Gasteiger charge is -2.32. The molecule has 1 aromatic carbocycles. The third-order valence-electron chi connectivity index (χ3n) is 3.95. The lowest BCUT2D eigenvalue weighted by molar-refractivity contribution is -0.128. The molecule has 2 aromatic rings. The number of benzene rings is 1. The van der Waals surface area contributed by atoms with Crippen molar-refractivity contribution in [3.63, 3.8) is 0 Å². The van der Waals surface area contributed by atoms with E-state index in [1.807, 2.05) is 41.3 Å². The number of aromatic nitrogens is 1. The van der Waals surface area contributed by atoms with Crippen molar-refractivity contribution in [1.29, 1.82) is 0 Å². The van der Waals surface area contributed by atoms with Gasteiger partial charge in [0.1, 0.15) is 11.9 Å². The van der Waals surface area contributed by atoms with Crippen LogP contribution in [0, 0.1) is 0 Å². The Morgan fingerprint density at radius 2 is 2.04 bits per heavy atom. The highest BCUT2D eigenvalue weighted by atomic mass is 35.5. The standard InChI is InChI=1S/C19H19ClN2O2/c20-18-6-2-1-4-15(18)7-8-19(23)22-13-3-5-17(14-22)24-16-9-11-21-12-10-16/h1-2,4,6-12,17H,3,5,13-14H2/b8-7+. The molecule has 0 aliphatic carbocycles. The summed E-state index contributed by atoms with van der Waals surface area (Å²) in [4.78, 5) is 18.2. The summed E-state index contributed by atoms with van der Waals surface area (Å²) < 4.78 is 5.94. The van der Waals surface area contributed by atoms with Crippen LogP contribution in [0.3, 0.4) is 0 Å². The number of piperidine rings is 1. The fraction of sp³-hybridized carbons (Fsp3) is 0.263. The summed E-state index contributed by atoms with van der Waals surface area (Å²) in [5.41, 5.74) is 0.842. The van der Waals surface area contributed by atoms with Crippen molar-refractivity contribution in [1.82, 2.24) is 9.88 Å². The average Bonchev–Trinajstić information content (AvgIpc) is 2.62. The van der Waals surface area contributed by atoms with Crippen molar-refractivity contribution in [2.45, 2.75) is 18.9 Å². The molecule has 1 aliphatic heterocycles. The first-order valence-electron chi connectivity index (χ1n) is 8.00. The second kappa shape index (κ2) is 7.97. The van der Waals surface area contributed by atoms with Crippen LogP contribution in [0.25, 0.3) is 6.08 Å². The summed E-state index contributed by atoms with van der Waals surface area (Å²) in [5.74, 6) is 0.772. The third-order valence-corrected chi connectivity index (χ3v) is 4.30. The molecule has 1 amide bonds.